The van der Waals surface area contributed by atoms with Gasteiger partial charge in [0, 0.05) is 35.8 Å². The molecule has 0 radical (unpaired) electrons. The predicted molar refractivity (Wildman–Crippen MR) is 89.4 cm³/mol. The highest BCUT2D eigenvalue weighted by molar-refractivity contribution is 6.30. The third-order valence-corrected chi connectivity index (χ3v) is 3.88. The normalized spacial score (nSPS) is 10.9. The number of aryl methyl sites for hydroxylation is 2. The van der Waals surface area contributed by atoms with Gasteiger partial charge >= 0.3 is 12.0 Å². The van der Waals surface area contributed by atoms with E-state index in [9.17, 15) is 4.79 Å². The zero-order valence-electron chi connectivity index (χ0n) is 13.1. The number of oxazole rings is 1. The van der Waals surface area contributed by atoms with Gasteiger partial charge in [0.05, 0.1) is 0 Å². The number of nitrogens with zero attached hydrogens (tertiary/aromatic N) is 3. The molecular formula is C17H16ClN3O3. The van der Waals surface area contributed by atoms with Crippen molar-refractivity contribution in [2.45, 2.75) is 26.2 Å². The molecule has 7 heteroatoms. The van der Waals surface area contributed by atoms with E-state index in [4.69, 9.17) is 21.1 Å². The first-order valence-corrected chi connectivity index (χ1v) is 7.90. The molecule has 6 nitrogen and oxygen atoms in total. The van der Waals surface area contributed by atoms with Crippen LogP contribution in [-0.4, -0.2) is 25.6 Å². The van der Waals surface area contributed by atoms with Crippen LogP contribution in [0.15, 0.2) is 41.1 Å². The van der Waals surface area contributed by atoms with E-state index in [1.54, 1.807) is 29.1 Å². The minimum absolute atomic E-state index is 0.0835. The zero-order chi connectivity index (χ0) is 17.1. The first-order valence-electron chi connectivity index (χ1n) is 7.52. The minimum atomic E-state index is -0.826. The standard InChI is InChI=1S/C17H16ClN3O3/c1-11-19-9-10-21(11)17-20-16(12-5-7-13(18)8-6-12)14(24-17)3-2-4-15(22)23/h5-10H,2-4H2,1H3,(H,22,23). The molecule has 2 heterocycles. The number of aromatic nitrogens is 3. The van der Waals surface area contributed by atoms with Gasteiger partial charge in [-0.25, -0.2) is 4.98 Å². The van der Waals surface area contributed by atoms with Gasteiger partial charge in [-0.2, -0.15) is 4.98 Å². The number of carboxylic acid groups (broad SMARTS) is 1. The van der Waals surface area contributed by atoms with Gasteiger partial charge in [-0.1, -0.05) is 23.7 Å². The largest absolute Gasteiger partial charge is 0.481 e. The van der Waals surface area contributed by atoms with E-state index in [-0.39, 0.29) is 6.42 Å². The quantitative estimate of drug-likeness (QED) is 0.732. The highest BCUT2D eigenvalue weighted by Crippen LogP contribution is 2.28. The van der Waals surface area contributed by atoms with Crippen molar-refractivity contribution in [2.75, 3.05) is 0 Å². The fourth-order valence-corrected chi connectivity index (χ4v) is 2.55. The Kier molecular flexibility index (Phi) is 4.66. The summed E-state index contributed by atoms with van der Waals surface area (Å²) < 4.78 is 7.64. The van der Waals surface area contributed by atoms with Crippen molar-refractivity contribution in [3.05, 3.63) is 53.3 Å². The maximum absolute atomic E-state index is 10.7. The van der Waals surface area contributed by atoms with Crippen LogP contribution in [0.5, 0.6) is 0 Å². The molecule has 1 N–H and O–H groups in total. The van der Waals surface area contributed by atoms with Crippen LogP contribution in [0.25, 0.3) is 17.3 Å². The smallest absolute Gasteiger partial charge is 0.307 e. The summed E-state index contributed by atoms with van der Waals surface area (Å²) in [5.74, 6) is 0.589. The molecule has 0 fully saturated rings. The van der Waals surface area contributed by atoms with E-state index in [1.807, 2.05) is 19.1 Å². The molecule has 0 spiro atoms. The topological polar surface area (TPSA) is 81.2 Å². The number of carbonyl (C=O) groups is 1. The van der Waals surface area contributed by atoms with Gasteiger partial charge in [0.15, 0.2) is 0 Å². The molecule has 1 aromatic carbocycles. The summed E-state index contributed by atoms with van der Waals surface area (Å²) in [6.45, 7) is 1.86. The number of imidazole rings is 1. The highest BCUT2D eigenvalue weighted by atomic mass is 35.5. The van der Waals surface area contributed by atoms with Crippen LogP contribution in [-0.2, 0) is 11.2 Å². The SMILES string of the molecule is Cc1nccn1-c1nc(-c2ccc(Cl)cc2)c(CCCC(=O)O)o1. The molecule has 0 aliphatic rings. The van der Waals surface area contributed by atoms with Crippen molar-refractivity contribution in [3.63, 3.8) is 0 Å². The summed E-state index contributed by atoms with van der Waals surface area (Å²) in [6, 6.07) is 7.72. The average Bonchev–Trinajstić information content (AvgIpc) is 3.14. The van der Waals surface area contributed by atoms with Gasteiger partial charge in [0.2, 0.25) is 0 Å². The van der Waals surface area contributed by atoms with Gasteiger partial charge in [-0.15, -0.1) is 0 Å². The van der Waals surface area contributed by atoms with Crippen molar-refractivity contribution in [2.24, 2.45) is 0 Å². The Morgan fingerprint density at radius 1 is 1.33 bits per heavy atom. The number of hydrogen-bond acceptors (Lipinski definition) is 4. The number of hydrogen-bond donors (Lipinski definition) is 1. The Balaban J connectivity index is 1.97. The summed E-state index contributed by atoms with van der Waals surface area (Å²) in [6.07, 6.45) is 4.50. The van der Waals surface area contributed by atoms with E-state index >= 15 is 0 Å². The Morgan fingerprint density at radius 2 is 2.08 bits per heavy atom. The van der Waals surface area contributed by atoms with Crippen LogP contribution in [0.4, 0.5) is 0 Å². The van der Waals surface area contributed by atoms with Crippen molar-refractivity contribution in [1.29, 1.82) is 0 Å². The number of benzene rings is 1. The lowest BCUT2D eigenvalue weighted by atomic mass is 10.1. The molecule has 124 valence electrons. The minimum Gasteiger partial charge on any atom is -0.481 e. The number of aliphatic carboxylic acids is 1. The molecule has 0 saturated carbocycles. The number of rotatable bonds is 6. The average molecular weight is 346 g/mol. The Bertz CT molecular complexity index is 852. The van der Waals surface area contributed by atoms with Crippen molar-refractivity contribution in [1.82, 2.24) is 14.5 Å². The fraction of sp³-hybridized carbons (Fsp3) is 0.235. The van der Waals surface area contributed by atoms with Crippen molar-refractivity contribution in [3.8, 4) is 17.3 Å². The second kappa shape index (κ2) is 6.88. The molecular weight excluding hydrogens is 330 g/mol. The summed E-state index contributed by atoms with van der Waals surface area (Å²) in [5, 5.41) is 9.47. The second-order valence-electron chi connectivity index (χ2n) is 5.37. The zero-order valence-corrected chi connectivity index (χ0v) is 13.8. The van der Waals surface area contributed by atoms with Crippen LogP contribution < -0.4 is 0 Å². The molecule has 2 aromatic heterocycles. The van der Waals surface area contributed by atoms with E-state index in [0.29, 0.717) is 35.3 Å². The fourth-order valence-electron chi connectivity index (χ4n) is 2.43. The second-order valence-corrected chi connectivity index (χ2v) is 5.80. The Hall–Kier alpha value is -2.60. The lowest BCUT2D eigenvalue weighted by Crippen LogP contribution is -1.96. The van der Waals surface area contributed by atoms with Crippen molar-refractivity contribution < 1.29 is 14.3 Å². The van der Waals surface area contributed by atoms with E-state index < -0.39 is 5.97 Å². The molecule has 0 atom stereocenters. The number of halogens is 1. The molecule has 3 rings (SSSR count). The highest BCUT2D eigenvalue weighted by Gasteiger charge is 2.17. The summed E-state index contributed by atoms with van der Waals surface area (Å²) in [5.41, 5.74) is 1.57. The Labute approximate surface area is 143 Å². The third-order valence-electron chi connectivity index (χ3n) is 3.63. The molecule has 0 bridgehead atoms. The van der Waals surface area contributed by atoms with Crippen LogP contribution in [0.3, 0.4) is 0 Å². The number of carboxylic acids is 1. The summed E-state index contributed by atoms with van der Waals surface area (Å²) in [7, 11) is 0. The molecule has 0 amide bonds. The summed E-state index contributed by atoms with van der Waals surface area (Å²) in [4.78, 5) is 19.5. The molecule has 0 saturated heterocycles. The van der Waals surface area contributed by atoms with Crippen LogP contribution >= 0.6 is 11.6 Å². The monoisotopic (exact) mass is 345 g/mol. The van der Waals surface area contributed by atoms with E-state index in [0.717, 1.165) is 11.4 Å². The molecule has 24 heavy (non-hydrogen) atoms. The van der Waals surface area contributed by atoms with Crippen LogP contribution in [0.2, 0.25) is 5.02 Å². The molecule has 0 aliphatic carbocycles. The molecule has 0 aliphatic heterocycles. The van der Waals surface area contributed by atoms with Gasteiger partial charge < -0.3 is 9.52 Å². The maximum Gasteiger partial charge on any atom is 0.307 e. The van der Waals surface area contributed by atoms with Gasteiger partial charge in [-0.05, 0) is 25.5 Å². The van der Waals surface area contributed by atoms with Gasteiger partial charge in [-0.3, -0.25) is 9.36 Å². The van der Waals surface area contributed by atoms with Gasteiger partial charge in [0.25, 0.3) is 0 Å². The van der Waals surface area contributed by atoms with E-state index in [2.05, 4.69) is 9.97 Å². The molecule has 0 unspecified atom stereocenters. The third kappa shape index (κ3) is 3.49. The van der Waals surface area contributed by atoms with Gasteiger partial charge in [0.1, 0.15) is 17.3 Å². The van der Waals surface area contributed by atoms with Crippen LogP contribution in [0.1, 0.15) is 24.4 Å². The first-order chi connectivity index (χ1) is 11.5. The van der Waals surface area contributed by atoms with Crippen LogP contribution in [0, 0.1) is 6.92 Å². The van der Waals surface area contributed by atoms with Crippen molar-refractivity contribution >= 4 is 17.6 Å². The Morgan fingerprint density at radius 3 is 2.71 bits per heavy atom. The summed E-state index contributed by atoms with van der Waals surface area (Å²) >= 11 is 5.94. The lowest BCUT2D eigenvalue weighted by molar-refractivity contribution is -0.137. The lowest BCUT2D eigenvalue weighted by Gasteiger charge is -2.00. The van der Waals surface area contributed by atoms with E-state index in [1.165, 1.54) is 0 Å². The predicted octanol–water partition coefficient (Wildman–Crippen LogP) is 3.90. The maximum atomic E-state index is 10.7. The first kappa shape index (κ1) is 16.3. The molecule has 3 aromatic rings.